The van der Waals surface area contributed by atoms with Gasteiger partial charge in [-0.25, -0.2) is 0 Å². The number of aliphatic imine (C=N–C) groups is 1. The van der Waals surface area contributed by atoms with Crippen molar-refractivity contribution in [2.45, 2.75) is 44.8 Å². The van der Waals surface area contributed by atoms with Crippen LogP contribution in [0.2, 0.25) is 0 Å². The van der Waals surface area contributed by atoms with E-state index < -0.39 is 0 Å². The predicted octanol–water partition coefficient (Wildman–Crippen LogP) is 2.10. The molecule has 3 rings (SSSR count). The van der Waals surface area contributed by atoms with E-state index in [1.54, 1.807) is 0 Å². The number of rotatable bonds is 7. The number of likely N-dealkylation sites (tertiary alicyclic amines) is 1. The molecule has 2 heterocycles. The molecule has 3 atom stereocenters. The SMILES string of the molecule is CN=C(NCC(c1ccccc1)N1CCCC1)NCC(C)N1CCOCC1C. The zero-order valence-electron chi connectivity index (χ0n) is 17.7. The monoisotopic (exact) mass is 387 g/mol. The molecule has 0 bridgehead atoms. The molecule has 2 saturated heterocycles. The van der Waals surface area contributed by atoms with Gasteiger partial charge in [0.1, 0.15) is 0 Å². The molecule has 156 valence electrons. The van der Waals surface area contributed by atoms with Crippen molar-refractivity contribution in [2.75, 3.05) is 53.0 Å². The minimum absolute atomic E-state index is 0.388. The van der Waals surface area contributed by atoms with Crippen molar-refractivity contribution in [3.05, 3.63) is 35.9 Å². The fourth-order valence-corrected chi connectivity index (χ4v) is 4.36. The van der Waals surface area contributed by atoms with Crippen LogP contribution in [0.4, 0.5) is 0 Å². The fraction of sp³-hybridized carbons (Fsp3) is 0.682. The van der Waals surface area contributed by atoms with Crippen molar-refractivity contribution in [3.63, 3.8) is 0 Å². The van der Waals surface area contributed by atoms with Crippen LogP contribution in [-0.4, -0.2) is 80.8 Å². The zero-order chi connectivity index (χ0) is 19.8. The molecular formula is C22H37N5O. The molecule has 0 aliphatic carbocycles. The molecule has 0 spiro atoms. The fourth-order valence-electron chi connectivity index (χ4n) is 4.36. The maximum Gasteiger partial charge on any atom is 0.191 e. The molecule has 6 heteroatoms. The average molecular weight is 388 g/mol. The lowest BCUT2D eigenvalue weighted by atomic mass is 10.1. The second-order valence-electron chi connectivity index (χ2n) is 8.01. The summed E-state index contributed by atoms with van der Waals surface area (Å²) in [5.74, 6) is 0.882. The van der Waals surface area contributed by atoms with Crippen molar-refractivity contribution < 1.29 is 4.74 Å². The summed E-state index contributed by atoms with van der Waals surface area (Å²) < 4.78 is 5.56. The molecule has 6 nitrogen and oxygen atoms in total. The summed E-state index contributed by atoms with van der Waals surface area (Å²) in [6.07, 6.45) is 2.59. The highest BCUT2D eigenvalue weighted by Gasteiger charge is 2.25. The molecule has 0 aromatic heterocycles. The second kappa shape index (κ2) is 10.8. The van der Waals surface area contributed by atoms with Crippen LogP contribution in [0.5, 0.6) is 0 Å². The number of hydrogen-bond donors (Lipinski definition) is 2. The first-order chi connectivity index (χ1) is 13.7. The molecule has 2 N–H and O–H groups in total. The topological polar surface area (TPSA) is 52.1 Å². The van der Waals surface area contributed by atoms with Gasteiger partial charge in [-0.15, -0.1) is 0 Å². The van der Waals surface area contributed by atoms with Gasteiger partial charge < -0.3 is 15.4 Å². The van der Waals surface area contributed by atoms with Gasteiger partial charge in [0.05, 0.1) is 19.3 Å². The number of ether oxygens (including phenoxy) is 1. The third kappa shape index (κ3) is 5.69. The van der Waals surface area contributed by atoms with Crippen LogP contribution < -0.4 is 10.6 Å². The molecular weight excluding hydrogens is 350 g/mol. The average Bonchev–Trinajstić information content (AvgIpc) is 3.26. The number of benzene rings is 1. The summed E-state index contributed by atoms with van der Waals surface area (Å²) >= 11 is 0. The molecule has 3 unspecified atom stereocenters. The van der Waals surface area contributed by atoms with Gasteiger partial charge in [0, 0.05) is 38.8 Å². The van der Waals surface area contributed by atoms with Gasteiger partial charge in [0.25, 0.3) is 0 Å². The van der Waals surface area contributed by atoms with Crippen molar-refractivity contribution in [1.29, 1.82) is 0 Å². The van der Waals surface area contributed by atoms with E-state index in [0.29, 0.717) is 18.1 Å². The highest BCUT2D eigenvalue weighted by molar-refractivity contribution is 5.79. The third-order valence-electron chi connectivity index (χ3n) is 6.00. The van der Waals surface area contributed by atoms with Gasteiger partial charge >= 0.3 is 0 Å². The van der Waals surface area contributed by atoms with Crippen LogP contribution in [0, 0.1) is 0 Å². The molecule has 2 fully saturated rings. The lowest BCUT2D eigenvalue weighted by Crippen LogP contribution is -2.53. The van der Waals surface area contributed by atoms with Crippen molar-refractivity contribution in [3.8, 4) is 0 Å². The number of morpholine rings is 1. The van der Waals surface area contributed by atoms with E-state index in [-0.39, 0.29) is 0 Å². The summed E-state index contributed by atoms with van der Waals surface area (Å²) in [5, 5.41) is 7.09. The number of nitrogens with one attached hydrogen (secondary N) is 2. The van der Waals surface area contributed by atoms with Crippen LogP contribution in [-0.2, 0) is 4.74 Å². The second-order valence-corrected chi connectivity index (χ2v) is 8.01. The van der Waals surface area contributed by atoms with Crippen LogP contribution in [0.25, 0.3) is 0 Å². The van der Waals surface area contributed by atoms with E-state index in [0.717, 1.165) is 38.8 Å². The highest BCUT2D eigenvalue weighted by atomic mass is 16.5. The van der Waals surface area contributed by atoms with Crippen molar-refractivity contribution >= 4 is 5.96 Å². The lowest BCUT2D eigenvalue weighted by Gasteiger charge is -2.38. The van der Waals surface area contributed by atoms with E-state index in [2.05, 4.69) is 69.6 Å². The molecule has 1 aromatic carbocycles. The summed E-state index contributed by atoms with van der Waals surface area (Å²) in [4.78, 5) is 9.55. The smallest absolute Gasteiger partial charge is 0.191 e. The maximum absolute atomic E-state index is 5.56. The zero-order valence-corrected chi connectivity index (χ0v) is 17.7. The van der Waals surface area contributed by atoms with Crippen LogP contribution in [0.1, 0.15) is 38.3 Å². The van der Waals surface area contributed by atoms with Crippen molar-refractivity contribution in [1.82, 2.24) is 20.4 Å². The Bertz CT molecular complexity index is 602. The number of nitrogens with zero attached hydrogens (tertiary/aromatic N) is 3. The Morgan fingerprint density at radius 2 is 1.86 bits per heavy atom. The summed E-state index contributed by atoms with van der Waals surface area (Å²) in [6.45, 7) is 11.3. The van der Waals surface area contributed by atoms with Gasteiger partial charge in [-0.05, 0) is 45.3 Å². The standard InChI is InChI=1S/C22H37N5O/c1-18(27-13-14-28-17-19(27)2)15-24-22(23-3)25-16-21(26-11-7-8-12-26)20-9-5-4-6-10-20/h4-6,9-10,18-19,21H,7-8,11-17H2,1-3H3,(H2,23,24,25). The van der Waals surface area contributed by atoms with Gasteiger partial charge in [-0.1, -0.05) is 30.3 Å². The Hall–Kier alpha value is -1.63. The van der Waals surface area contributed by atoms with Gasteiger partial charge in [0.15, 0.2) is 5.96 Å². The summed E-state index contributed by atoms with van der Waals surface area (Å²) in [6, 6.07) is 12.1. The Labute approximate surface area is 170 Å². The Kier molecular flexibility index (Phi) is 8.13. The predicted molar refractivity (Wildman–Crippen MR) is 116 cm³/mol. The largest absolute Gasteiger partial charge is 0.379 e. The van der Waals surface area contributed by atoms with Gasteiger partial charge in [-0.2, -0.15) is 0 Å². The van der Waals surface area contributed by atoms with E-state index >= 15 is 0 Å². The molecule has 0 amide bonds. The third-order valence-corrected chi connectivity index (χ3v) is 6.00. The molecule has 1 aromatic rings. The molecule has 28 heavy (non-hydrogen) atoms. The van der Waals surface area contributed by atoms with Crippen LogP contribution in [0.3, 0.4) is 0 Å². The molecule has 0 saturated carbocycles. The number of guanidine groups is 1. The Morgan fingerprint density at radius 1 is 1.14 bits per heavy atom. The van der Waals surface area contributed by atoms with Gasteiger partial charge in [-0.3, -0.25) is 14.8 Å². The lowest BCUT2D eigenvalue weighted by molar-refractivity contribution is -0.0174. The molecule has 0 radical (unpaired) electrons. The quantitative estimate of drug-likeness (QED) is 0.554. The Balaban J connectivity index is 1.52. The first-order valence-corrected chi connectivity index (χ1v) is 10.8. The minimum atomic E-state index is 0.388. The first kappa shape index (κ1) is 21.1. The summed E-state index contributed by atoms with van der Waals surface area (Å²) in [7, 11) is 1.85. The van der Waals surface area contributed by atoms with E-state index in [4.69, 9.17) is 4.74 Å². The number of hydrogen-bond acceptors (Lipinski definition) is 4. The van der Waals surface area contributed by atoms with E-state index in [1.807, 2.05) is 7.05 Å². The van der Waals surface area contributed by atoms with Crippen molar-refractivity contribution in [2.24, 2.45) is 4.99 Å². The molecule has 2 aliphatic heterocycles. The van der Waals surface area contributed by atoms with Crippen LogP contribution in [0.15, 0.2) is 35.3 Å². The van der Waals surface area contributed by atoms with Gasteiger partial charge in [0.2, 0.25) is 0 Å². The van der Waals surface area contributed by atoms with E-state index in [1.165, 1.54) is 31.5 Å². The normalized spacial score (nSPS) is 24.1. The first-order valence-electron chi connectivity index (χ1n) is 10.8. The molecule has 2 aliphatic rings. The van der Waals surface area contributed by atoms with E-state index in [9.17, 15) is 0 Å². The Morgan fingerprint density at radius 3 is 2.54 bits per heavy atom. The minimum Gasteiger partial charge on any atom is -0.379 e. The maximum atomic E-state index is 5.56. The summed E-state index contributed by atoms with van der Waals surface area (Å²) in [5.41, 5.74) is 1.38. The van der Waals surface area contributed by atoms with Crippen LogP contribution >= 0.6 is 0 Å². The highest BCUT2D eigenvalue weighted by Crippen LogP contribution is 2.24.